The van der Waals surface area contributed by atoms with Crippen LogP contribution in [-0.2, 0) is 14.2 Å². The smallest absolute Gasteiger partial charge is 0.146 e. The van der Waals surface area contributed by atoms with Crippen molar-refractivity contribution in [1.82, 2.24) is 0 Å². The van der Waals surface area contributed by atoms with Gasteiger partial charge in [0, 0.05) is 14.2 Å². The van der Waals surface area contributed by atoms with Crippen LogP contribution in [0.15, 0.2) is 0 Å². The second-order valence-corrected chi connectivity index (χ2v) is 2.74. The Balaban J connectivity index is 2.52. The molecule has 1 aliphatic rings. The molecule has 1 saturated heterocycles. The van der Waals surface area contributed by atoms with E-state index in [2.05, 4.69) is 0 Å². The van der Waals surface area contributed by atoms with Gasteiger partial charge in [-0.1, -0.05) is 0 Å². The molecule has 1 heterocycles. The van der Waals surface area contributed by atoms with Crippen molar-refractivity contribution in [3.05, 3.63) is 0 Å². The molecule has 0 unspecified atom stereocenters. The van der Waals surface area contributed by atoms with Crippen LogP contribution in [0.4, 0.5) is 4.39 Å². The Kier molecular flexibility index (Phi) is 3.49. The fraction of sp³-hybridized carbons (Fsp3) is 1.00. The summed E-state index contributed by atoms with van der Waals surface area (Å²) < 4.78 is 27.9. The Bertz CT molecular complexity index is 147. The number of halogens is 1. The van der Waals surface area contributed by atoms with E-state index in [1.54, 1.807) is 0 Å². The summed E-state index contributed by atoms with van der Waals surface area (Å²) in [5.74, 6) is 0. The Morgan fingerprint density at radius 1 is 1.50 bits per heavy atom. The monoisotopic (exact) mass is 174 g/mol. The molecular weight excluding hydrogens is 162 g/mol. The topological polar surface area (TPSA) is 27.7 Å². The molecule has 0 aromatic carbocycles. The molecule has 1 fully saturated rings. The first kappa shape index (κ1) is 9.96. The Morgan fingerprint density at radius 3 is 2.67 bits per heavy atom. The van der Waals surface area contributed by atoms with Crippen LogP contribution >= 0.6 is 0 Å². The number of methoxy groups -OCH3 is 2. The third-order valence-electron chi connectivity index (χ3n) is 1.93. The molecule has 1 rings (SSSR count). The lowest BCUT2D eigenvalue weighted by molar-refractivity contribution is -0.0351. The molecule has 0 bridgehead atoms. The van der Waals surface area contributed by atoms with Crippen LogP contribution in [0.3, 0.4) is 0 Å². The predicted molar refractivity (Wildman–Crippen MR) is 42.0 cm³/mol. The van der Waals surface area contributed by atoms with E-state index in [-0.39, 0.29) is 0 Å². The highest BCUT2D eigenvalue weighted by Crippen LogP contribution is 2.24. The van der Waals surface area contributed by atoms with E-state index >= 15 is 0 Å². The lowest BCUT2D eigenvalue weighted by Crippen LogP contribution is -2.33. The fourth-order valence-corrected chi connectivity index (χ4v) is 1.33. The van der Waals surface area contributed by atoms with Gasteiger partial charge in [0.2, 0.25) is 0 Å². The number of hydrogen-bond acceptors (Lipinski definition) is 3. The van der Waals surface area contributed by atoms with Gasteiger partial charge in [-0.15, -0.1) is 0 Å². The van der Waals surface area contributed by atoms with Crippen LogP contribution in [0.25, 0.3) is 0 Å². The molecule has 3 nitrogen and oxygen atoms in total. The molecule has 0 saturated carbocycles. The average molecular weight is 174 g/mol. The van der Waals surface area contributed by atoms with Crippen LogP contribution in [0.5, 0.6) is 0 Å². The van der Waals surface area contributed by atoms with Gasteiger partial charge in [0.25, 0.3) is 0 Å². The van der Waals surface area contributed by atoms with Crippen molar-refractivity contribution in [3.8, 4) is 0 Å². The van der Waals surface area contributed by atoms with Crippen molar-refractivity contribution >= 4 is 7.85 Å². The third-order valence-corrected chi connectivity index (χ3v) is 1.93. The van der Waals surface area contributed by atoms with Gasteiger partial charge in [0.1, 0.15) is 26.2 Å². The molecule has 12 heavy (non-hydrogen) atoms. The van der Waals surface area contributed by atoms with Crippen LogP contribution in [-0.4, -0.2) is 53.1 Å². The standard InChI is InChI=1S/C7H12BFO3/c1-10-3-4-6(11-2)5(9)7(8)12-4/h4-7H,3H2,1-2H3/t4-,5-,6-,7-/m1/s1. The minimum atomic E-state index is -1.27. The largest absolute Gasteiger partial charge is 0.382 e. The van der Waals surface area contributed by atoms with Gasteiger partial charge in [0.15, 0.2) is 0 Å². The van der Waals surface area contributed by atoms with E-state index in [4.69, 9.17) is 22.1 Å². The fourth-order valence-electron chi connectivity index (χ4n) is 1.33. The number of alkyl halides is 1. The maximum Gasteiger partial charge on any atom is 0.146 e. The van der Waals surface area contributed by atoms with Gasteiger partial charge in [-0.25, -0.2) is 4.39 Å². The first-order chi connectivity index (χ1) is 5.70. The highest BCUT2D eigenvalue weighted by molar-refractivity contribution is 6.11. The molecule has 1 aliphatic heterocycles. The number of ether oxygens (including phenoxy) is 3. The first-order valence-electron chi connectivity index (χ1n) is 3.77. The summed E-state index contributed by atoms with van der Waals surface area (Å²) in [6, 6.07) is -0.893. The number of rotatable bonds is 3. The minimum absolute atomic E-state index is 0.298. The van der Waals surface area contributed by atoms with Gasteiger partial charge < -0.3 is 14.2 Å². The van der Waals surface area contributed by atoms with Gasteiger partial charge >= 0.3 is 0 Å². The second kappa shape index (κ2) is 4.21. The third kappa shape index (κ3) is 1.78. The molecule has 2 radical (unpaired) electrons. The number of hydrogen-bond donors (Lipinski definition) is 0. The lowest BCUT2D eigenvalue weighted by Gasteiger charge is -2.16. The molecule has 0 amide bonds. The SMILES string of the molecule is [B][C@@H]1O[C@H](COC)[C@@H](OC)[C@H]1F. The van der Waals surface area contributed by atoms with Crippen molar-refractivity contribution in [2.75, 3.05) is 20.8 Å². The quantitative estimate of drug-likeness (QED) is 0.558. The maximum atomic E-state index is 13.1. The van der Waals surface area contributed by atoms with Crippen molar-refractivity contribution in [3.63, 3.8) is 0 Å². The summed E-state index contributed by atoms with van der Waals surface area (Å²) in [5, 5.41) is 0. The molecule has 0 aliphatic carbocycles. The summed E-state index contributed by atoms with van der Waals surface area (Å²) in [5.41, 5.74) is 0. The molecule has 4 atom stereocenters. The second-order valence-electron chi connectivity index (χ2n) is 2.74. The maximum absolute atomic E-state index is 13.1. The van der Waals surface area contributed by atoms with Crippen molar-refractivity contribution < 1.29 is 18.6 Å². The lowest BCUT2D eigenvalue weighted by atomic mass is 9.94. The summed E-state index contributed by atoms with van der Waals surface area (Å²) in [6.07, 6.45) is -2.28. The molecule has 68 valence electrons. The first-order valence-corrected chi connectivity index (χ1v) is 3.77. The van der Waals surface area contributed by atoms with E-state index in [1.807, 2.05) is 0 Å². The van der Waals surface area contributed by atoms with Gasteiger partial charge in [-0.2, -0.15) is 0 Å². The zero-order valence-corrected chi connectivity index (χ0v) is 7.20. The zero-order chi connectivity index (χ0) is 9.14. The summed E-state index contributed by atoms with van der Waals surface area (Å²) >= 11 is 0. The minimum Gasteiger partial charge on any atom is -0.382 e. The average Bonchev–Trinajstić information content (AvgIpc) is 2.29. The molecular formula is C7H12BFO3. The van der Waals surface area contributed by atoms with Crippen LogP contribution in [0.1, 0.15) is 0 Å². The highest BCUT2D eigenvalue weighted by atomic mass is 19.1. The summed E-state index contributed by atoms with van der Waals surface area (Å²) in [7, 11) is 8.28. The van der Waals surface area contributed by atoms with Gasteiger partial charge in [0.05, 0.1) is 12.6 Å². The summed E-state index contributed by atoms with van der Waals surface area (Å²) in [4.78, 5) is 0. The van der Waals surface area contributed by atoms with E-state index in [1.165, 1.54) is 14.2 Å². The zero-order valence-electron chi connectivity index (χ0n) is 7.20. The van der Waals surface area contributed by atoms with Crippen LogP contribution in [0, 0.1) is 0 Å². The van der Waals surface area contributed by atoms with Crippen molar-refractivity contribution in [2.24, 2.45) is 0 Å². The Morgan fingerprint density at radius 2 is 2.17 bits per heavy atom. The van der Waals surface area contributed by atoms with Crippen LogP contribution in [0.2, 0.25) is 0 Å². The Labute approximate surface area is 72.6 Å². The molecule has 0 aromatic heterocycles. The Hall–Kier alpha value is -0.125. The van der Waals surface area contributed by atoms with E-state index in [9.17, 15) is 4.39 Å². The van der Waals surface area contributed by atoms with Gasteiger partial charge in [-0.05, 0) is 0 Å². The van der Waals surface area contributed by atoms with Gasteiger partial charge in [-0.3, -0.25) is 0 Å². The highest BCUT2D eigenvalue weighted by Gasteiger charge is 2.42. The van der Waals surface area contributed by atoms with E-state index < -0.39 is 24.4 Å². The molecule has 0 aromatic rings. The van der Waals surface area contributed by atoms with Crippen molar-refractivity contribution in [2.45, 2.75) is 24.4 Å². The molecule has 5 heteroatoms. The molecule has 0 spiro atoms. The predicted octanol–water partition coefficient (Wildman–Crippen LogP) is -0.121. The van der Waals surface area contributed by atoms with Crippen molar-refractivity contribution in [1.29, 1.82) is 0 Å². The summed E-state index contributed by atoms with van der Waals surface area (Å²) in [6.45, 7) is 0.298. The van der Waals surface area contributed by atoms with Crippen LogP contribution < -0.4 is 0 Å². The van der Waals surface area contributed by atoms with E-state index in [0.29, 0.717) is 6.61 Å². The van der Waals surface area contributed by atoms with E-state index in [0.717, 1.165) is 0 Å². The molecule has 0 N–H and O–H groups in total. The normalized spacial score (nSPS) is 41.9.